The predicted molar refractivity (Wildman–Crippen MR) is 46.5 cm³/mol. The van der Waals surface area contributed by atoms with Crippen molar-refractivity contribution in [3.63, 3.8) is 0 Å². The average molecular weight is 196 g/mol. The van der Waals surface area contributed by atoms with Crippen LogP contribution in [-0.2, 0) is 14.3 Å². The number of ether oxygens (including phenoxy) is 2. The van der Waals surface area contributed by atoms with Crippen LogP contribution < -0.4 is 5.32 Å². The molecule has 0 bridgehead atoms. The van der Waals surface area contributed by atoms with Gasteiger partial charge in [0.1, 0.15) is 6.04 Å². The molecule has 1 N–H and O–H groups in total. The molecule has 0 saturated carbocycles. The van der Waals surface area contributed by atoms with E-state index in [4.69, 9.17) is 4.74 Å². The Morgan fingerprint density at radius 1 is 1.58 bits per heavy atom. The van der Waals surface area contributed by atoms with Gasteiger partial charge in [0, 0.05) is 13.2 Å². The second kappa shape index (κ2) is 6.22. The first-order chi connectivity index (χ1) is 5.34. The molecule has 0 amide bonds. The Morgan fingerprint density at radius 2 is 2.33 bits per heavy atom. The van der Waals surface area contributed by atoms with Crippen LogP contribution in [0.3, 0.4) is 0 Å². The third kappa shape index (κ3) is 3.38. The summed E-state index contributed by atoms with van der Waals surface area (Å²) in [5, 5.41) is 3.03. The molecule has 1 aliphatic heterocycles. The summed E-state index contributed by atoms with van der Waals surface area (Å²) >= 11 is 0. The number of hydrogen-bond donors (Lipinski definition) is 1. The van der Waals surface area contributed by atoms with E-state index in [1.165, 1.54) is 7.11 Å². The standard InChI is InChI=1S/C7H13NO3.ClH/c1-10-7(9)6-2-4-11-5-3-8-6;/h6,8H,2-5H2,1H3;1H. The molecule has 1 atom stereocenters. The second-order valence-corrected chi connectivity index (χ2v) is 2.43. The quantitative estimate of drug-likeness (QED) is 0.597. The maximum absolute atomic E-state index is 11.0. The van der Waals surface area contributed by atoms with Crippen molar-refractivity contribution in [2.24, 2.45) is 0 Å². The van der Waals surface area contributed by atoms with Crippen LogP contribution in [0.25, 0.3) is 0 Å². The molecule has 1 aliphatic rings. The monoisotopic (exact) mass is 195 g/mol. The fourth-order valence-electron chi connectivity index (χ4n) is 1.05. The zero-order valence-electron chi connectivity index (χ0n) is 7.04. The number of methoxy groups -OCH3 is 1. The average Bonchev–Trinajstić information content (AvgIpc) is 2.30. The van der Waals surface area contributed by atoms with E-state index in [2.05, 4.69) is 10.1 Å². The molecule has 1 saturated heterocycles. The van der Waals surface area contributed by atoms with Crippen LogP contribution in [0.4, 0.5) is 0 Å². The van der Waals surface area contributed by atoms with Crippen LogP contribution >= 0.6 is 12.4 Å². The molecule has 12 heavy (non-hydrogen) atoms. The number of rotatable bonds is 1. The van der Waals surface area contributed by atoms with Crippen molar-refractivity contribution in [3.05, 3.63) is 0 Å². The summed E-state index contributed by atoms with van der Waals surface area (Å²) in [6.07, 6.45) is 0.701. The highest BCUT2D eigenvalue weighted by Crippen LogP contribution is 1.98. The lowest BCUT2D eigenvalue weighted by molar-refractivity contribution is -0.143. The molecule has 72 valence electrons. The Balaban J connectivity index is 0.00000121. The molecule has 1 rings (SSSR count). The number of esters is 1. The Hall–Kier alpha value is -0.320. The maximum Gasteiger partial charge on any atom is 0.322 e. The molecule has 1 heterocycles. The van der Waals surface area contributed by atoms with Gasteiger partial charge in [-0.25, -0.2) is 0 Å². The molecule has 1 fully saturated rings. The molecule has 0 spiro atoms. The predicted octanol–water partition coefficient (Wildman–Crippen LogP) is -0.0403. The lowest BCUT2D eigenvalue weighted by Crippen LogP contribution is -2.37. The summed E-state index contributed by atoms with van der Waals surface area (Å²) in [7, 11) is 1.40. The lowest BCUT2D eigenvalue weighted by Gasteiger charge is -2.10. The molecule has 0 aromatic rings. The molecule has 5 heteroatoms. The van der Waals surface area contributed by atoms with Gasteiger partial charge in [-0.2, -0.15) is 0 Å². The molecule has 0 aromatic heterocycles. The lowest BCUT2D eigenvalue weighted by atomic mass is 10.2. The van der Waals surface area contributed by atoms with E-state index in [0.29, 0.717) is 19.6 Å². The molecule has 4 nitrogen and oxygen atoms in total. The first-order valence-electron chi connectivity index (χ1n) is 3.73. The molecule has 0 aromatic carbocycles. The van der Waals surface area contributed by atoms with Gasteiger partial charge in [-0.3, -0.25) is 4.79 Å². The highest BCUT2D eigenvalue weighted by molar-refractivity contribution is 5.85. The van der Waals surface area contributed by atoms with Crippen LogP contribution in [-0.4, -0.2) is 38.9 Å². The molecular formula is C7H14ClNO3. The number of hydrogen-bond acceptors (Lipinski definition) is 4. The summed E-state index contributed by atoms with van der Waals surface area (Å²) < 4.78 is 9.74. The Morgan fingerprint density at radius 3 is 3.00 bits per heavy atom. The number of carbonyl (C=O) groups is 1. The van der Waals surface area contributed by atoms with E-state index < -0.39 is 0 Å². The molecule has 1 unspecified atom stereocenters. The van der Waals surface area contributed by atoms with E-state index >= 15 is 0 Å². The maximum atomic E-state index is 11.0. The third-order valence-electron chi connectivity index (χ3n) is 1.67. The minimum absolute atomic E-state index is 0. The smallest absolute Gasteiger partial charge is 0.322 e. The first-order valence-corrected chi connectivity index (χ1v) is 3.73. The normalized spacial score (nSPS) is 23.6. The van der Waals surface area contributed by atoms with Gasteiger partial charge in [-0.05, 0) is 6.42 Å². The van der Waals surface area contributed by atoms with Gasteiger partial charge < -0.3 is 14.8 Å². The fraction of sp³-hybridized carbons (Fsp3) is 0.857. The largest absolute Gasteiger partial charge is 0.468 e. The third-order valence-corrected chi connectivity index (χ3v) is 1.67. The van der Waals surface area contributed by atoms with Crippen molar-refractivity contribution in [1.82, 2.24) is 5.32 Å². The van der Waals surface area contributed by atoms with Gasteiger partial charge in [-0.1, -0.05) is 0 Å². The van der Waals surface area contributed by atoms with Crippen LogP contribution in [0.2, 0.25) is 0 Å². The summed E-state index contributed by atoms with van der Waals surface area (Å²) in [6, 6.07) is -0.178. The Labute approximate surface area is 78.0 Å². The SMILES string of the molecule is COC(=O)C1CCOCCN1.Cl. The van der Waals surface area contributed by atoms with E-state index in [0.717, 1.165) is 6.54 Å². The van der Waals surface area contributed by atoms with Crippen molar-refractivity contribution in [3.8, 4) is 0 Å². The van der Waals surface area contributed by atoms with Crippen molar-refractivity contribution < 1.29 is 14.3 Å². The summed E-state index contributed by atoms with van der Waals surface area (Å²) in [6.45, 7) is 2.03. The van der Waals surface area contributed by atoms with E-state index in [1.54, 1.807) is 0 Å². The minimum atomic E-state index is -0.199. The number of nitrogens with one attached hydrogen (secondary N) is 1. The Bertz CT molecular complexity index is 135. The van der Waals surface area contributed by atoms with Gasteiger partial charge in [0.15, 0.2) is 0 Å². The first kappa shape index (κ1) is 11.7. The second-order valence-electron chi connectivity index (χ2n) is 2.43. The molecule has 0 aliphatic carbocycles. The zero-order chi connectivity index (χ0) is 8.10. The van der Waals surface area contributed by atoms with Gasteiger partial charge in [0.05, 0.1) is 13.7 Å². The van der Waals surface area contributed by atoms with Crippen molar-refractivity contribution in [2.45, 2.75) is 12.5 Å². The molecule has 0 radical (unpaired) electrons. The highest BCUT2D eigenvalue weighted by Gasteiger charge is 2.19. The summed E-state index contributed by atoms with van der Waals surface area (Å²) in [5.74, 6) is -0.199. The fourth-order valence-corrected chi connectivity index (χ4v) is 1.05. The van der Waals surface area contributed by atoms with Gasteiger partial charge in [0.25, 0.3) is 0 Å². The van der Waals surface area contributed by atoms with Gasteiger partial charge in [0.2, 0.25) is 0 Å². The van der Waals surface area contributed by atoms with E-state index in [1.807, 2.05) is 0 Å². The summed E-state index contributed by atoms with van der Waals surface area (Å²) in [5.41, 5.74) is 0. The van der Waals surface area contributed by atoms with E-state index in [-0.39, 0.29) is 24.4 Å². The van der Waals surface area contributed by atoms with Crippen LogP contribution in [0.5, 0.6) is 0 Å². The molecular weight excluding hydrogens is 182 g/mol. The van der Waals surface area contributed by atoms with Crippen molar-refractivity contribution in [1.29, 1.82) is 0 Å². The number of carbonyl (C=O) groups excluding carboxylic acids is 1. The van der Waals surface area contributed by atoms with Gasteiger partial charge >= 0.3 is 5.97 Å². The van der Waals surface area contributed by atoms with Crippen molar-refractivity contribution in [2.75, 3.05) is 26.9 Å². The highest BCUT2D eigenvalue weighted by atomic mass is 35.5. The van der Waals surface area contributed by atoms with Crippen molar-refractivity contribution >= 4 is 18.4 Å². The Kier molecular flexibility index (Phi) is 6.06. The summed E-state index contributed by atoms with van der Waals surface area (Å²) in [4.78, 5) is 11.0. The van der Waals surface area contributed by atoms with Crippen LogP contribution in [0.15, 0.2) is 0 Å². The topological polar surface area (TPSA) is 47.6 Å². The minimum Gasteiger partial charge on any atom is -0.468 e. The zero-order valence-corrected chi connectivity index (χ0v) is 7.86. The van der Waals surface area contributed by atoms with E-state index in [9.17, 15) is 4.79 Å². The number of halogens is 1. The van der Waals surface area contributed by atoms with Crippen LogP contribution in [0, 0.1) is 0 Å². The van der Waals surface area contributed by atoms with Crippen LogP contribution in [0.1, 0.15) is 6.42 Å². The van der Waals surface area contributed by atoms with Gasteiger partial charge in [-0.15, -0.1) is 12.4 Å².